The van der Waals surface area contributed by atoms with Crippen molar-refractivity contribution in [2.24, 2.45) is 5.41 Å². The van der Waals surface area contributed by atoms with Crippen molar-refractivity contribution in [3.63, 3.8) is 0 Å². The lowest BCUT2D eigenvalue weighted by Crippen LogP contribution is -2.33. The first-order valence-corrected chi connectivity index (χ1v) is 4.61. The molecule has 4 heteroatoms. The Hall–Kier alpha value is -1.08. The average molecular weight is 179 g/mol. The summed E-state index contributed by atoms with van der Waals surface area (Å²) < 4.78 is 0. The maximum absolute atomic E-state index is 11.8. The molecule has 2 fully saturated rings. The molecule has 0 saturated carbocycles. The van der Waals surface area contributed by atoms with Crippen molar-refractivity contribution >= 4 is 5.91 Å². The zero-order valence-electron chi connectivity index (χ0n) is 7.79. The molecular formula is C9H13N3O. The van der Waals surface area contributed by atoms with Crippen LogP contribution in [0.25, 0.3) is 0 Å². The highest BCUT2D eigenvalue weighted by molar-refractivity contribution is 5.84. The zero-order chi connectivity index (χ0) is 9.47. The molecule has 0 aromatic rings. The van der Waals surface area contributed by atoms with E-state index in [4.69, 9.17) is 5.26 Å². The van der Waals surface area contributed by atoms with Crippen molar-refractivity contribution in [2.75, 3.05) is 19.6 Å². The summed E-state index contributed by atoms with van der Waals surface area (Å²) in [5.74, 6) is 0.131. The largest absolute Gasteiger partial charge is 0.275 e. The average Bonchev–Trinajstić information content (AvgIpc) is 2.58. The van der Waals surface area contributed by atoms with Gasteiger partial charge >= 0.3 is 0 Å². The summed E-state index contributed by atoms with van der Waals surface area (Å²) in [5.41, 5.74) is -0.449. The Labute approximate surface area is 77.7 Å². The van der Waals surface area contributed by atoms with Crippen LogP contribution >= 0.6 is 0 Å². The van der Waals surface area contributed by atoms with Gasteiger partial charge in [-0.05, 0) is 13.3 Å². The first kappa shape index (κ1) is 8.52. The Balaban J connectivity index is 2.19. The van der Waals surface area contributed by atoms with Crippen molar-refractivity contribution in [2.45, 2.75) is 19.8 Å². The lowest BCUT2D eigenvalue weighted by atomic mass is 9.87. The number of hydrogen-bond donors (Lipinski definition) is 0. The lowest BCUT2D eigenvalue weighted by Gasteiger charge is -2.17. The van der Waals surface area contributed by atoms with E-state index < -0.39 is 5.41 Å². The number of nitrogens with zero attached hydrogens (tertiary/aromatic N) is 3. The van der Waals surface area contributed by atoms with Gasteiger partial charge in [0, 0.05) is 19.6 Å². The summed E-state index contributed by atoms with van der Waals surface area (Å²) in [6, 6.07) is 2.10. The lowest BCUT2D eigenvalue weighted by molar-refractivity contribution is -0.139. The molecule has 2 heterocycles. The van der Waals surface area contributed by atoms with Crippen LogP contribution in [0, 0.1) is 16.7 Å². The van der Waals surface area contributed by atoms with Crippen LogP contribution in [0.1, 0.15) is 19.8 Å². The highest BCUT2D eigenvalue weighted by Crippen LogP contribution is 2.35. The number of fused-ring (bicyclic) bond motifs is 1. The minimum absolute atomic E-state index is 0.131. The van der Waals surface area contributed by atoms with Gasteiger partial charge in [-0.1, -0.05) is 0 Å². The van der Waals surface area contributed by atoms with Gasteiger partial charge in [0.25, 0.3) is 0 Å². The number of amides is 1. The molecule has 0 aliphatic carbocycles. The second kappa shape index (κ2) is 2.71. The van der Waals surface area contributed by atoms with Crippen LogP contribution in [-0.2, 0) is 4.79 Å². The smallest absolute Gasteiger partial charge is 0.245 e. The molecule has 4 nitrogen and oxygen atoms in total. The molecule has 1 atom stereocenters. The monoisotopic (exact) mass is 179 g/mol. The molecule has 2 saturated heterocycles. The van der Waals surface area contributed by atoms with Crippen LogP contribution in [0.3, 0.4) is 0 Å². The molecule has 1 amide bonds. The Bertz CT molecular complexity index is 283. The molecule has 0 unspecified atom stereocenters. The standard InChI is InChI=1S/C9H13N3O/c1-9(3-4-10)7-11-5-2-6-12(11)8(9)13/h2-3,5-7H2,1H3/t9-/m1/s1. The fraction of sp³-hybridized carbons (Fsp3) is 0.778. The van der Waals surface area contributed by atoms with Crippen LogP contribution < -0.4 is 0 Å². The fourth-order valence-corrected chi connectivity index (χ4v) is 2.15. The van der Waals surface area contributed by atoms with Gasteiger partial charge in [0.2, 0.25) is 5.91 Å². The van der Waals surface area contributed by atoms with Gasteiger partial charge in [-0.2, -0.15) is 5.26 Å². The second-order valence-electron chi connectivity index (χ2n) is 4.07. The normalized spacial score (nSPS) is 33.5. The van der Waals surface area contributed by atoms with Gasteiger partial charge in [0.15, 0.2) is 0 Å². The van der Waals surface area contributed by atoms with Gasteiger partial charge in [0.1, 0.15) is 0 Å². The van der Waals surface area contributed by atoms with Gasteiger partial charge in [-0.25, -0.2) is 5.01 Å². The summed E-state index contributed by atoms with van der Waals surface area (Å²) in [4.78, 5) is 11.8. The van der Waals surface area contributed by atoms with E-state index in [-0.39, 0.29) is 5.91 Å². The molecule has 0 N–H and O–H groups in total. The Morgan fingerprint density at radius 1 is 1.62 bits per heavy atom. The maximum Gasteiger partial charge on any atom is 0.245 e. The third-order valence-corrected chi connectivity index (χ3v) is 2.88. The molecule has 0 spiro atoms. The predicted octanol–water partition coefficient (Wildman–Crippen LogP) is 0.369. The van der Waals surface area contributed by atoms with E-state index in [0.29, 0.717) is 6.42 Å². The van der Waals surface area contributed by atoms with Crippen molar-refractivity contribution in [3.05, 3.63) is 0 Å². The van der Waals surface area contributed by atoms with E-state index >= 15 is 0 Å². The summed E-state index contributed by atoms with van der Waals surface area (Å²) in [5, 5.41) is 12.5. The van der Waals surface area contributed by atoms with E-state index in [1.165, 1.54) is 0 Å². The first-order chi connectivity index (χ1) is 6.17. The van der Waals surface area contributed by atoms with Crippen LogP contribution in [0.2, 0.25) is 0 Å². The molecule has 0 aromatic carbocycles. The molecular weight excluding hydrogens is 166 g/mol. The van der Waals surface area contributed by atoms with E-state index in [2.05, 4.69) is 11.1 Å². The summed E-state index contributed by atoms with van der Waals surface area (Å²) in [6.45, 7) is 4.41. The quantitative estimate of drug-likeness (QED) is 0.584. The topological polar surface area (TPSA) is 47.3 Å². The Morgan fingerprint density at radius 3 is 3.00 bits per heavy atom. The van der Waals surface area contributed by atoms with Gasteiger partial charge < -0.3 is 0 Å². The molecule has 2 aliphatic heterocycles. The first-order valence-electron chi connectivity index (χ1n) is 4.61. The van der Waals surface area contributed by atoms with Crippen LogP contribution in [-0.4, -0.2) is 35.6 Å². The number of hydrogen-bond acceptors (Lipinski definition) is 3. The maximum atomic E-state index is 11.8. The highest BCUT2D eigenvalue weighted by Gasteiger charge is 2.48. The van der Waals surface area contributed by atoms with E-state index in [1.54, 1.807) is 5.01 Å². The highest BCUT2D eigenvalue weighted by atomic mass is 16.2. The van der Waals surface area contributed by atoms with Gasteiger partial charge in [-0.15, -0.1) is 0 Å². The van der Waals surface area contributed by atoms with Gasteiger partial charge in [0.05, 0.1) is 17.9 Å². The third kappa shape index (κ3) is 1.11. The predicted molar refractivity (Wildman–Crippen MR) is 46.2 cm³/mol. The summed E-state index contributed by atoms with van der Waals surface area (Å²) >= 11 is 0. The third-order valence-electron chi connectivity index (χ3n) is 2.88. The number of nitriles is 1. The van der Waals surface area contributed by atoms with E-state index in [0.717, 1.165) is 26.1 Å². The minimum atomic E-state index is -0.449. The number of carbonyl (C=O) groups is 1. The van der Waals surface area contributed by atoms with Crippen LogP contribution in [0.4, 0.5) is 0 Å². The van der Waals surface area contributed by atoms with Crippen molar-refractivity contribution in [1.29, 1.82) is 5.26 Å². The SMILES string of the molecule is C[C@@]1(CC#N)CN2CCCN2C1=O. The minimum Gasteiger partial charge on any atom is -0.275 e. The van der Waals surface area contributed by atoms with Crippen LogP contribution in [0.15, 0.2) is 0 Å². The van der Waals surface area contributed by atoms with Crippen LogP contribution in [0.5, 0.6) is 0 Å². The number of carbonyl (C=O) groups excluding carboxylic acids is 1. The molecule has 2 rings (SSSR count). The fourth-order valence-electron chi connectivity index (χ4n) is 2.15. The molecule has 0 bridgehead atoms. The number of rotatable bonds is 1. The van der Waals surface area contributed by atoms with E-state index in [9.17, 15) is 4.79 Å². The second-order valence-corrected chi connectivity index (χ2v) is 4.07. The summed E-state index contributed by atoms with van der Waals surface area (Å²) in [6.07, 6.45) is 1.40. The van der Waals surface area contributed by atoms with E-state index in [1.807, 2.05) is 6.92 Å². The Kier molecular flexibility index (Phi) is 1.77. The zero-order valence-corrected chi connectivity index (χ0v) is 7.79. The van der Waals surface area contributed by atoms with Crippen molar-refractivity contribution in [3.8, 4) is 6.07 Å². The molecule has 13 heavy (non-hydrogen) atoms. The van der Waals surface area contributed by atoms with Crippen molar-refractivity contribution in [1.82, 2.24) is 10.0 Å². The Morgan fingerprint density at radius 2 is 2.38 bits per heavy atom. The van der Waals surface area contributed by atoms with Crippen molar-refractivity contribution < 1.29 is 4.79 Å². The summed E-state index contributed by atoms with van der Waals surface area (Å²) in [7, 11) is 0. The molecule has 0 radical (unpaired) electrons. The van der Waals surface area contributed by atoms with Gasteiger partial charge in [-0.3, -0.25) is 9.80 Å². The molecule has 2 aliphatic rings. The number of hydrazine groups is 1. The molecule has 70 valence electrons. The molecule has 0 aromatic heterocycles.